The van der Waals surface area contributed by atoms with E-state index in [9.17, 15) is 9.59 Å². The van der Waals surface area contributed by atoms with Crippen LogP contribution in [-0.2, 0) is 9.59 Å². The van der Waals surface area contributed by atoms with E-state index in [1.807, 2.05) is 49.4 Å². The van der Waals surface area contributed by atoms with E-state index in [1.165, 1.54) is 0 Å². The first-order valence-corrected chi connectivity index (χ1v) is 9.17. The Bertz CT molecular complexity index is 559. The lowest BCUT2D eigenvalue weighted by Crippen LogP contribution is -2.46. The number of benzene rings is 1. The van der Waals surface area contributed by atoms with E-state index in [0.29, 0.717) is 0 Å². The summed E-state index contributed by atoms with van der Waals surface area (Å²) in [6.07, 6.45) is 4.14. The maximum absolute atomic E-state index is 12.4. The van der Waals surface area contributed by atoms with Crippen molar-refractivity contribution in [3.05, 3.63) is 24.3 Å². The summed E-state index contributed by atoms with van der Waals surface area (Å²) in [5, 5.41) is 2.93. The molecule has 1 heterocycles. The Morgan fingerprint density at radius 2 is 1.96 bits per heavy atom. The molecular formula is C17H25N3O2S. The molecule has 0 saturated carbocycles. The third-order valence-electron chi connectivity index (χ3n) is 4.21. The van der Waals surface area contributed by atoms with Gasteiger partial charge in [0.05, 0.1) is 18.3 Å². The van der Waals surface area contributed by atoms with Crippen molar-refractivity contribution in [2.75, 3.05) is 38.3 Å². The number of nitrogens with zero attached hydrogens (tertiary/aromatic N) is 2. The Labute approximate surface area is 142 Å². The molecule has 0 aliphatic carbocycles. The van der Waals surface area contributed by atoms with Crippen LogP contribution in [0.1, 0.15) is 19.8 Å². The summed E-state index contributed by atoms with van der Waals surface area (Å²) >= 11 is 1.60. The summed E-state index contributed by atoms with van der Waals surface area (Å²) in [6, 6.07) is 7.43. The number of likely N-dealkylation sites (tertiary alicyclic amines) is 1. The Kier molecular flexibility index (Phi) is 6.47. The fraction of sp³-hybridized carbons (Fsp3) is 0.529. The second-order valence-corrected chi connectivity index (χ2v) is 6.72. The number of amides is 2. The van der Waals surface area contributed by atoms with Gasteiger partial charge in [0.2, 0.25) is 11.8 Å². The highest BCUT2D eigenvalue weighted by Gasteiger charge is 2.26. The first-order valence-electron chi connectivity index (χ1n) is 7.95. The molecule has 1 aliphatic rings. The molecule has 2 amide bonds. The van der Waals surface area contributed by atoms with Crippen molar-refractivity contribution >= 4 is 29.3 Å². The molecule has 1 atom stereocenters. The molecule has 1 saturated heterocycles. The first-order chi connectivity index (χ1) is 11.0. The minimum atomic E-state index is -0.283. The zero-order valence-corrected chi connectivity index (χ0v) is 14.9. The van der Waals surface area contributed by atoms with E-state index in [1.54, 1.807) is 16.7 Å². The molecule has 1 aromatic carbocycles. The molecule has 0 bridgehead atoms. The number of carbonyl (C=O) groups is 2. The summed E-state index contributed by atoms with van der Waals surface area (Å²) in [5.74, 6) is 0.0115. The predicted molar refractivity (Wildman–Crippen MR) is 94.8 cm³/mol. The van der Waals surface area contributed by atoms with E-state index < -0.39 is 0 Å². The van der Waals surface area contributed by atoms with Gasteiger partial charge in [0, 0.05) is 18.0 Å². The van der Waals surface area contributed by atoms with Crippen LogP contribution in [0.4, 0.5) is 5.69 Å². The van der Waals surface area contributed by atoms with Gasteiger partial charge in [-0.3, -0.25) is 14.5 Å². The minimum Gasteiger partial charge on any atom is -0.341 e. The number of nitrogens with one attached hydrogen (secondary N) is 1. The van der Waals surface area contributed by atoms with Crippen LogP contribution in [0, 0.1) is 0 Å². The normalized spacial score (nSPS) is 15.7. The first kappa shape index (κ1) is 17.8. The number of para-hydroxylation sites is 1. The van der Waals surface area contributed by atoms with Gasteiger partial charge < -0.3 is 10.2 Å². The second kappa shape index (κ2) is 8.36. The van der Waals surface area contributed by atoms with E-state index in [0.717, 1.165) is 36.5 Å². The van der Waals surface area contributed by atoms with Gasteiger partial charge in [-0.1, -0.05) is 12.1 Å². The predicted octanol–water partition coefficient (Wildman–Crippen LogP) is 2.29. The van der Waals surface area contributed by atoms with Gasteiger partial charge in [0.25, 0.3) is 0 Å². The van der Waals surface area contributed by atoms with Crippen molar-refractivity contribution < 1.29 is 9.59 Å². The van der Waals surface area contributed by atoms with Crippen molar-refractivity contribution in [1.82, 2.24) is 9.80 Å². The summed E-state index contributed by atoms with van der Waals surface area (Å²) in [5.41, 5.74) is 0.817. The van der Waals surface area contributed by atoms with Crippen molar-refractivity contribution in [1.29, 1.82) is 0 Å². The molecule has 1 fully saturated rings. The van der Waals surface area contributed by atoms with Gasteiger partial charge in [0.1, 0.15) is 0 Å². The Morgan fingerprint density at radius 1 is 1.30 bits per heavy atom. The zero-order chi connectivity index (χ0) is 16.8. The van der Waals surface area contributed by atoms with Crippen molar-refractivity contribution in [3.8, 4) is 0 Å². The van der Waals surface area contributed by atoms with Crippen molar-refractivity contribution in [2.24, 2.45) is 0 Å². The lowest BCUT2D eigenvalue weighted by atomic mass is 10.2. The fourth-order valence-corrected chi connectivity index (χ4v) is 3.24. The topological polar surface area (TPSA) is 52.7 Å². The number of hydrogen-bond acceptors (Lipinski definition) is 4. The average Bonchev–Trinajstić information content (AvgIpc) is 3.08. The molecule has 1 aromatic rings. The van der Waals surface area contributed by atoms with Gasteiger partial charge in [-0.15, -0.1) is 11.8 Å². The molecular weight excluding hydrogens is 310 g/mol. The van der Waals surface area contributed by atoms with Gasteiger partial charge in [-0.25, -0.2) is 0 Å². The van der Waals surface area contributed by atoms with Crippen LogP contribution >= 0.6 is 11.8 Å². The summed E-state index contributed by atoms with van der Waals surface area (Å²) < 4.78 is 0. The summed E-state index contributed by atoms with van der Waals surface area (Å²) in [6.45, 7) is 3.74. The molecule has 6 heteroatoms. The molecule has 1 N–H and O–H groups in total. The van der Waals surface area contributed by atoms with Gasteiger partial charge >= 0.3 is 0 Å². The van der Waals surface area contributed by atoms with E-state index in [4.69, 9.17) is 0 Å². The Morgan fingerprint density at radius 3 is 2.61 bits per heavy atom. The van der Waals surface area contributed by atoms with Crippen LogP contribution in [0.3, 0.4) is 0 Å². The summed E-state index contributed by atoms with van der Waals surface area (Å²) in [4.78, 5) is 29.4. The molecule has 0 spiro atoms. The monoisotopic (exact) mass is 335 g/mol. The van der Waals surface area contributed by atoms with E-state index in [-0.39, 0.29) is 24.4 Å². The second-order valence-electron chi connectivity index (χ2n) is 5.87. The molecule has 0 radical (unpaired) electrons. The number of rotatable bonds is 6. The zero-order valence-electron chi connectivity index (χ0n) is 14.0. The molecule has 0 unspecified atom stereocenters. The van der Waals surface area contributed by atoms with Crippen molar-refractivity contribution in [2.45, 2.75) is 30.7 Å². The minimum absolute atomic E-state index is 0.102. The number of likely N-dealkylation sites (N-methyl/N-ethyl adjacent to an activating group) is 1. The molecule has 5 nitrogen and oxygen atoms in total. The van der Waals surface area contributed by atoms with Crippen molar-refractivity contribution in [3.63, 3.8) is 0 Å². The SMILES string of the molecule is CSc1ccccc1NC(=O)CN(C)[C@@H](C)C(=O)N1CCCC1. The lowest BCUT2D eigenvalue weighted by molar-refractivity contribution is -0.135. The maximum Gasteiger partial charge on any atom is 0.239 e. The number of thioether (sulfide) groups is 1. The van der Waals surface area contributed by atoms with Crippen LogP contribution < -0.4 is 5.32 Å². The average molecular weight is 335 g/mol. The van der Waals surface area contributed by atoms with Crippen LogP contribution in [0.15, 0.2) is 29.2 Å². The Hall–Kier alpha value is -1.53. The van der Waals surface area contributed by atoms with Crippen LogP contribution in [0.5, 0.6) is 0 Å². The van der Waals surface area contributed by atoms with Crippen LogP contribution in [-0.4, -0.2) is 60.6 Å². The standard InChI is InChI=1S/C17H25N3O2S/c1-13(17(22)20-10-6-7-11-20)19(2)12-16(21)18-14-8-4-5-9-15(14)23-3/h4-5,8-9,13H,6-7,10-12H2,1-3H3,(H,18,21)/t13-/m0/s1. The van der Waals surface area contributed by atoms with Gasteiger partial charge in [-0.2, -0.15) is 0 Å². The quantitative estimate of drug-likeness (QED) is 0.811. The van der Waals surface area contributed by atoms with Crippen LogP contribution in [0.25, 0.3) is 0 Å². The number of anilines is 1. The third-order valence-corrected chi connectivity index (χ3v) is 5.01. The highest BCUT2D eigenvalue weighted by molar-refractivity contribution is 7.98. The maximum atomic E-state index is 12.4. The molecule has 0 aromatic heterocycles. The highest BCUT2D eigenvalue weighted by atomic mass is 32.2. The largest absolute Gasteiger partial charge is 0.341 e. The Balaban J connectivity index is 1.89. The highest BCUT2D eigenvalue weighted by Crippen LogP contribution is 2.24. The molecule has 2 rings (SSSR count). The third kappa shape index (κ3) is 4.72. The van der Waals surface area contributed by atoms with Gasteiger partial charge in [0.15, 0.2) is 0 Å². The molecule has 23 heavy (non-hydrogen) atoms. The van der Waals surface area contributed by atoms with E-state index in [2.05, 4.69) is 5.32 Å². The molecule has 1 aliphatic heterocycles. The summed E-state index contributed by atoms with van der Waals surface area (Å²) in [7, 11) is 1.82. The molecule has 126 valence electrons. The fourth-order valence-electron chi connectivity index (χ4n) is 2.69. The number of carbonyl (C=O) groups excluding carboxylic acids is 2. The lowest BCUT2D eigenvalue weighted by Gasteiger charge is -2.27. The van der Waals surface area contributed by atoms with Gasteiger partial charge in [-0.05, 0) is 45.2 Å². The van der Waals surface area contributed by atoms with E-state index >= 15 is 0 Å². The number of hydrogen-bond donors (Lipinski definition) is 1. The smallest absolute Gasteiger partial charge is 0.239 e. The van der Waals surface area contributed by atoms with Crippen LogP contribution in [0.2, 0.25) is 0 Å².